The van der Waals surface area contributed by atoms with E-state index in [4.69, 9.17) is 23.2 Å². The Morgan fingerprint density at radius 1 is 1.19 bits per heavy atom. The maximum atomic E-state index is 12.0. The maximum absolute atomic E-state index is 12.0. The highest BCUT2D eigenvalue weighted by Gasteiger charge is 2.07. The summed E-state index contributed by atoms with van der Waals surface area (Å²) in [5.41, 5.74) is 2.12. The van der Waals surface area contributed by atoms with Crippen LogP contribution in [-0.2, 0) is 6.42 Å². The Labute approximate surface area is 133 Å². The van der Waals surface area contributed by atoms with E-state index >= 15 is 0 Å². The Kier molecular flexibility index (Phi) is 5.10. The fraction of sp³-hybridized carbons (Fsp3) is 0.188. The van der Waals surface area contributed by atoms with Gasteiger partial charge in [0.05, 0.1) is 0 Å². The molecule has 0 fully saturated rings. The highest BCUT2D eigenvalue weighted by molar-refractivity contribution is 6.35. The molecule has 0 bridgehead atoms. The van der Waals surface area contributed by atoms with Crippen molar-refractivity contribution < 1.29 is 9.90 Å². The Balaban J connectivity index is 1.93. The van der Waals surface area contributed by atoms with Crippen LogP contribution in [0.5, 0.6) is 5.75 Å². The van der Waals surface area contributed by atoms with Crippen LogP contribution in [0.3, 0.4) is 0 Å². The first kappa shape index (κ1) is 15.7. The fourth-order valence-corrected chi connectivity index (χ4v) is 2.44. The second-order valence-electron chi connectivity index (χ2n) is 4.74. The summed E-state index contributed by atoms with van der Waals surface area (Å²) in [5, 5.41) is 13.5. The summed E-state index contributed by atoms with van der Waals surface area (Å²) in [6.07, 6.45) is 0.624. The van der Waals surface area contributed by atoms with Crippen LogP contribution in [0, 0.1) is 6.92 Å². The first-order chi connectivity index (χ1) is 9.97. The van der Waals surface area contributed by atoms with E-state index in [1.165, 1.54) is 6.07 Å². The average Bonchev–Trinajstić information content (AvgIpc) is 2.44. The molecule has 1 amide bonds. The Morgan fingerprint density at radius 3 is 2.62 bits per heavy atom. The number of rotatable bonds is 4. The van der Waals surface area contributed by atoms with E-state index in [-0.39, 0.29) is 11.7 Å². The number of carbonyl (C=O) groups is 1. The topological polar surface area (TPSA) is 49.3 Å². The van der Waals surface area contributed by atoms with Gasteiger partial charge in [-0.1, -0.05) is 29.3 Å². The van der Waals surface area contributed by atoms with Gasteiger partial charge in [0.15, 0.2) is 0 Å². The van der Waals surface area contributed by atoms with Crippen LogP contribution >= 0.6 is 23.2 Å². The van der Waals surface area contributed by atoms with E-state index in [1.54, 1.807) is 31.2 Å². The van der Waals surface area contributed by atoms with E-state index in [0.717, 1.165) is 5.56 Å². The molecule has 2 aromatic rings. The van der Waals surface area contributed by atoms with E-state index in [0.29, 0.717) is 34.1 Å². The van der Waals surface area contributed by atoms with Crippen molar-refractivity contribution in [1.29, 1.82) is 0 Å². The number of aryl methyl sites for hydroxylation is 1. The number of phenols is 1. The standard InChI is InChI=1S/C16H15Cl2NO2/c1-10-8-12(3-5-15(10)20)16(21)19-7-6-11-2-4-13(17)9-14(11)18/h2-5,8-9,20H,6-7H2,1H3,(H,19,21). The van der Waals surface area contributed by atoms with Gasteiger partial charge in [0.25, 0.3) is 5.91 Å². The predicted molar refractivity (Wildman–Crippen MR) is 85.3 cm³/mol. The number of nitrogens with one attached hydrogen (secondary N) is 1. The lowest BCUT2D eigenvalue weighted by Gasteiger charge is -2.08. The van der Waals surface area contributed by atoms with Crippen LogP contribution < -0.4 is 5.32 Å². The van der Waals surface area contributed by atoms with Crippen molar-refractivity contribution in [1.82, 2.24) is 5.32 Å². The van der Waals surface area contributed by atoms with Gasteiger partial charge in [-0.2, -0.15) is 0 Å². The van der Waals surface area contributed by atoms with Crippen LogP contribution in [0.15, 0.2) is 36.4 Å². The fourth-order valence-electron chi connectivity index (χ4n) is 1.93. The number of amides is 1. The molecule has 110 valence electrons. The van der Waals surface area contributed by atoms with Crippen LogP contribution in [0.1, 0.15) is 21.5 Å². The Bertz CT molecular complexity index is 671. The molecule has 3 nitrogen and oxygen atoms in total. The molecule has 0 unspecified atom stereocenters. The molecule has 21 heavy (non-hydrogen) atoms. The third-order valence-corrected chi connectivity index (χ3v) is 3.74. The molecule has 0 aliphatic carbocycles. The van der Waals surface area contributed by atoms with Gasteiger partial charge in [0.2, 0.25) is 0 Å². The molecule has 2 rings (SSSR count). The van der Waals surface area contributed by atoms with Crippen molar-refractivity contribution in [3.8, 4) is 5.75 Å². The summed E-state index contributed by atoms with van der Waals surface area (Å²) in [6, 6.07) is 10.1. The summed E-state index contributed by atoms with van der Waals surface area (Å²) >= 11 is 11.9. The van der Waals surface area contributed by atoms with E-state index in [1.807, 2.05) is 6.07 Å². The number of phenolic OH excluding ortho intramolecular Hbond substituents is 1. The zero-order valence-corrected chi connectivity index (χ0v) is 13.0. The van der Waals surface area contributed by atoms with Crippen molar-refractivity contribution in [2.75, 3.05) is 6.54 Å². The summed E-state index contributed by atoms with van der Waals surface area (Å²) in [7, 11) is 0. The lowest BCUT2D eigenvalue weighted by atomic mass is 10.1. The molecule has 2 aromatic carbocycles. The molecule has 0 saturated carbocycles. The highest BCUT2D eigenvalue weighted by atomic mass is 35.5. The van der Waals surface area contributed by atoms with Gasteiger partial charge < -0.3 is 10.4 Å². The van der Waals surface area contributed by atoms with Crippen molar-refractivity contribution in [3.63, 3.8) is 0 Å². The third kappa shape index (κ3) is 4.13. The SMILES string of the molecule is Cc1cc(C(=O)NCCc2ccc(Cl)cc2Cl)ccc1O. The van der Waals surface area contributed by atoms with Crippen molar-refractivity contribution in [3.05, 3.63) is 63.1 Å². The summed E-state index contributed by atoms with van der Waals surface area (Å²) in [5.74, 6) is 0.00248. The molecule has 2 N–H and O–H groups in total. The van der Waals surface area contributed by atoms with Gasteiger partial charge in [0, 0.05) is 22.2 Å². The number of benzene rings is 2. The van der Waals surface area contributed by atoms with Crippen LogP contribution in [0.4, 0.5) is 0 Å². The van der Waals surface area contributed by atoms with Crippen LogP contribution in [-0.4, -0.2) is 17.6 Å². The normalized spacial score (nSPS) is 10.4. The minimum atomic E-state index is -0.178. The van der Waals surface area contributed by atoms with E-state index in [2.05, 4.69) is 5.32 Å². The van der Waals surface area contributed by atoms with Gasteiger partial charge >= 0.3 is 0 Å². The van der Waals surface area contributed by atoms with Crippen molar-refractivity contribution in [2.24, 2.45) is 0 Å². The molecule has 0 aliphatic heterocycles. The minimum Gasteiger partial charge on any atom is -0.508 e. The van der Waals surface area contributed by atoms with E-state index in [9.17, 15) is 9.90 Å². The maximum Gasteiger partial charge on any atom is 0.251 e. The summed E-state index contributed by atoms with van der Waals surface area (Å²) in [4.78, 5) is 12.0. The number of hydrogen-bond donors (Lipinski definition) is 2. The van der Waals surface area contributed by atoms with Gasteiger partial charge in [-0.15, -0.1) is 0 Å². The summed E-state index contributed by atoms with van der Waals surface area (Å²) in [6.45, 7) is 2.22. The molecular formula is C16H15Cl2NO2. The molecule has 0 radical (unpaired) electrons. The summed E-state index contributed by atoms with van der Waals surface area (Å²) < 4.78 is 0. The number of carbonyl (C=O) groups excluding carboxylic acids is 1. The Morgan fingerprint density at radius 2 is 1.95 bits per heavy atom. The average molecular weight is 324 g/mol. The second-order valence-corrected chi connectivity index (χ2v) is 5.59. The van der Waals surface area contributed by atoms with Crippen molar-refractivity contribution in [2.45, 2.75) is 13.3 Å². The molecule has 0 atom stereocenters. The smallest absolute Gasteiger partial charge is 0.251 e. The number of halogens is 2. The monoisotopic (exact) mass is 323 g/mol. The first-order valence-corrected chi connectivity index (χ1v) is 7.24. The largest absolute Gasteiger partial charge is 0.508 e. The highest BCUT2D eigenvalue weighted by Crippen LogP contribution is 2.21. The second kappa shape index (κ2) is 6.83. The quantitative estimate of drug-likeness (QED) is 0.894. The number of hydrogen-bond acceptors (Lipinski definition) is 2. The van der Waals surface area contributed by atoms with Crippen molar-refractivity contribution >= 4 is 29.1 Å². The molecule has 5 heteroatoms. The molecule has 0 spiro atoms. The van der Waals surface area contributed by atoms with Gasteiger partial charge in [0.1, 0.15) is 5.75 Å². The lowest BCUT2D eigenvalue weighted by Crippen LogP contribution is -2.25. The van der Waals surface area contributed by atoms with Crippen LogP contribution in [0.2, 0.25) is 10.0 Å². The molecular weight excluding hydrogens is 309 g/mol. The minimum absolute atomic E-state index is 0.178. The van der Waals surface area contributed by atoms with Gasteiger partial charge in [-0.05, 0) is 54.8 Å². The van der Waals surface area contributed by atoms with Crippen LogP contribution in [0.25, 0.3) is 0 Å². The zero-order chi connectivity index (χ0) is 15.4. The van der Waals surface area contributed by atoms with E-state index < -0.39 is 0 Å². The predicted octanol–water partition coefficient (Wildman–Crippen LogP) is 3.98. The Hall–Kier alpha value is -1.71. The lowest BCUT2D eigenvalue weighted by molar-refractivity contribution is 0.0954. The molecule has 0 heterocycles. The van der Waals surface area contributed by atoms with Gasteiger partial charge in [-0.25, -0.2) is 0 Å². The molecule has 0 aromatic heterocycles. The molecule has 0 saturated heterocycles. The molecule has 0 aliphatic rings. The number of aromatic hydroxyl groups is 1. The first-order valence-electron chi connectivity index (χ1n) is 6.49. The third-order valence-electron chi connectivity index (χ3n) is 3.15. The van der Waals surface area contributed by atoms with Gasteiger partial charge in [-0.3, -0.25) is 4.79 Å². The zero-order valence-electron chi connectivity index (χ0n) is 11.5.